The molecule has 0 amide bonds. The van der Waals surface area contributed by atoms with Gasteiger partial charge in [-0.25, -0.2) is 9.59 Å². The van der Waals surface area contributed by atoms with Crippen molar-refractivity contribution in [2.45, 2.75) is 36.8 Å². The highest BCUT2D eigenvalue weighted by Gasteiger charge is 2.50. The lowest BCUT2D eigenvalue weighted by atomic mass is 9.79. The number of phenols is 2. The molecule has 0 spiro atoms. The van der Waals surface area contributed by atoms with E-state index in [1.807, 2.05) is 0 Å². The fourth-order valence-corrected chi connectivity index (χ4v) is 2.53. The zero-order chi connectivity index (χ0) is 18.8. The molecule has 0 radical (unpaired) electrons. The molecule has 2 unspecified atom stereocenters. The zero-order valence-corrected chi connectivity index (χ0v) is 12.9. The zero-order valence-electron chi connectivity index (χ0n) is 12.9. The van der Waals surface area contributed by atoms with Gasteiger partial charge in [-0.2, -0.15) is 0 Å². The fraction of sp³-hybridized carbons (Fsp3) is 0.375. The fourth-order valence-electron chi connectivity index (χ4n) is 2.53. The molecule has 1 aliphatic carbocycles. The average Bonchev–Trinajstić information content (AvgIpc) is 2.53. The summed E-state index contributed by atoms with van der Waals surface area (Å²) in [7, 11) is 0. The van der Waals surface area contributed by atoms with Crippen LogP contribution in [0.2, 0.25) is 0 Å². The summed E-state index contributed by atoms with van der Waals surface area (Å²) in [5.41, 5.74) is -1.94. The molecule has 0 bridgehead atoms. The van der Waals surface area contributed by atoms with Crippen molar-refractivity contribution in [3.8, 4) is 11.5 Å². The number of ether oxygens (including phenoxy) is 1. The van der Waals surface area contributed by atoms with Gasteiger partial charge >= 0.3 is 11.9 Å². The summed E-state index contributed by atoms with van der Waals surface area (Å²) in [5, 5.41) is 57.0. The minimum Gasteiger partial charge on any atom is -0.504 e. The third-order valence-corrected chi connectivity index (χ3v) is 3.94. The van der Waals surface area contributed by atoms with Gasteiger partial charge in [0, 0.05) is 18.9 Å². The van der Waals surface area contributed by atoms with Crippen LogP contribution in [0.15, 0.2) is 24.3 Å². The van der Waals surface area contributed by atoms with Crippen LogP contribution in [-0.2, 0) is 14.3 Å². The number of esters is 1. The summed E-state index contributed by atoms with van der Waals surface area (Å²) in [4.78, 5) is 22.9. The monoisotopic (exact) mass is 354 g/mol. The van der Waals surface area contributed by atoms with Gasteiger partial charge in [0.25, 0.3) is 0 Å². The standard InChI is InChI=1S/C16H18O9/c17-9-3-1-8(5-10(9)18)2-4-13(20)25-12-7-16(24,15(22)23)6-11(19)14(12)21/h1-5,11-12,14,17-19,21,24H,6-7H2,(H,22,23)/b4-2-/t11-,12+,14?,16?/m0/s1. The molecule has 9 heteroatoms. The lowest BCUT2D eigenvalue weighted by molar-refractivity contribution is -0.196. The minimum absolute atomic E-state index is 0.327. The summed E-state index contributed by atoms with van der Waals surface area (Å²) in [6.45, 7) is 0. The largest absolute Gasteiger partial charge is 0.504 e. The van der Waals surface area contributed by atoms with Crippen LogP contribution in [0.25, 0.3) is 6.08 Å². The van der Waals surface area contributed by atoms with Gasteiger partial charge < -0.3 is 35.4 Å². The van der Waals surface area contributed by atoms with Crippen LogP contribution in [0.1, 0.15) is 18.4 Å². The molecular formula is C16H18O9. The number of hydrogen-bond donors (Lipinski definition) is 6. The van der Waals surface area contributed by atoms with Gasteiger partial charge in [-0.3, -0.25) is 0 Å². The van der Waals surface area contributed by atoms with Crippen molar-refractivity contribution < 1.29 is 45.0 Å². The van der Waals surface area contributed by atoms with Gasteiger partial charge in [-0.1, -0.05) is 6.07 Å². The molecule has 2 rings (SSSR count). The van der Waals surface area contributed by atoms with Gasteiger partial charge in [0.1, 0.15) is 12.2 Å². The summed E-state index contributed by atoms with van der Waals surface area (Å²) in [6, 6.07) is 3.83. The van der Waals surface area contributed by atoms with Crippen molar-refractivity contribution in [1.82, 2.24) is 0 Å². The Hall–Kier alpha value is -2.62. The molecular weight excluding hydrogens is 336 g/mol. The van der Waals surface area contributed by atoms with E-state index in [1.165, 1.54) is 24.3 Å². The molecule has 6 N–H and O–H groups in total. The molecule has 1 aromatic rings. The van der Waals surface area contributed by atoms with Crippen molar-refractivity contribution in [1.29, 1.82) is 0 Å². The predicted molar refractivity (Wildman–Crippen MR) is 82.5 cm³/mol. The Balaban J connectivity index is 2.06. The van der Waals surface area contributed by atoms with Crippen molar-refractivity contribution in [2.24, 2.45) is 0 Å². The van der Waals surface area contributed by atoms with Crippen LogP contribution in [0.3, 0.4) is 0 Å². The van der Waals surface area contributed by atoms with E-state index in [0.29, 0.717) is 5.56 Å². The highest BCUT2D eigenvalue weighted by molar-refractivity contribution is 5.87. The average molecular weight is 354 g/mol. The number of aliphatic hydroxyl groups is 3. The molecule has 0 aliphatic heterocycles. The van der Waals surface area contributed by atoms with Crippen molar-refractivity contribution in [3.05, 3.63) is 29.8 Å². The highest BCUT2D eigenvalue weighted by Crippen LogP contribution is 2.31. The number of carbonyl (C=O) groups is 2. The number of carboxylic acid groups (broad SMARTS) is 1. The molecule has 25 heavy (non-hydrogen) atoms. The second kappa shape index (κ2) is 7.09. The van der Waals surface area contributed by atoms with E-state index in [0.717, 1.165) is 6.08 Å². The first kappa shape index (κ1) is 18.7. The second-order valence-electron chi connectivity index (χ2n) is 5.86. The number of aliphatic hydroxyl groups excluding tert-OH is 2. The summed E-state index contributed by atoms with van der Waals surface area (Å²) < 4.78 is 4.92. The molecule has 9 nitrogen and oxygen atoms in total. The Labute approximate surface area is 142 Å². The van der Waals surface area contributed by atoms with Gasteiger partial charge in [-0.15, -0.1) is 0 Å². The number of aromatic hydroxyl groups is 2. The van der Waals surface area contributed by atoms with Crippen molar-refractivity contribution in [2.75, 3.05) is 0 Å². The van der Waals surface area contributed by atoms with Crippen LogP contribution in [0.4, 0.5) is 0 Å². The van der Waals surface area contributed by atoms with E-state index in [4.69, 9.17) is 9.84 Å². The molecule has 0 heterocycles. The predicted octanol–water partition coefficient (Wildman–Crippen LogP) is -0.646. The smallest absolute Gasteiger partial charge is 0.335 e. The topological polar surface area (TPSA) is 165 Å². The van der Waals surface area contributed by atoms with Crippen LogP contribution in [0.5, 0.6) is 11.5 Å². The number of carboxylic acids is 1. The van der Waals surface area contributed by atoms with E-state index in [2.05, 4.69) is 0 Å². The van der Waals surface area contributed by atoms with Gasteiger partial charge in [0.2, 0.25) is 0 Å². The van der Waals surface area contributed by atoms with Crippen LogP contribution in [-0.4, -0.2) is 66.5 Å². The van der Waals surface area contributed by atoms with Crippen LogP contribution < -0.4 is 0 Å². The number of benzene rings is 1. The third kappa shape index (κ3) is 4.27. The normalized spacial score (nSPS) is 29.5. The van der Waals surface area contributed by atoms with Crippen LogP contribution >= 0.6 is 0 Å². The van der Waals surface area contributed by atoms with E-state index >= 15 is 0 Å². The molecule has 0 saturated heterocycles. The highest BCUT2D eigenvalue weighted by atomic mass is 16.6. The SMILES string of the molecule is O=C(/C=C\c1ccc(O)c(O)c1)O[C@@H]1CC(O)(C(=O)O)C[C@H](O)C1O. The summed E-state index contributed by atoms with van der Waals surface area (Å²) in [5.74, 6) is -3.24. The Morgan fingerprint density at radius 2 is 1.84 bits per heavy atom. The molecule has 1 aromatic carbocycles. The van der Waals surface area contributed by atoms with E-state index < -0.39 is 48.7 Å². The van der Waals surface area contributed by atoms with E-state index in [9.17, 15) is 35.1 Å². The number of phenolic OH excluding ortho intramolecular Hbond substituents is 2. The number of aliphatic carboxylic acids is 1. The molecule has 1 saturated carbocycles. The lowest BCUT2D eigenvalue weighted by Crippen LogP contribution is -2.57. The quantitative estimate of drug-likeness (QED) is 0.234. The Morgan fingerprint density at radius 1 is 1.16 bits per heavy atom. The number of rotatable bonds is 4. The molecule has 0 aromatic heterocycles. The Bertz CT molecular complexity index is 699. The minimum atomic E-state index is -2.31. The Kier molecular flexibility index (Phi) is 5.31. The van der Waals surface area contributed by atoms with Crippen molar-refractivity contribution >= 4 is 18.0 Å². The number of carbonyl (C=O) groups excluding carboxylic acids is 1. The first-order valence-corrected chi connectivity index (χ1v) is 7.35. The molecule has 136 valence electrons. The second-order valence-corrected chi connectivity index (χ2v) is 5.86. The molecule has 1 aliphatic rings. The van der Waals surface area contributed by atoms with Gasteiger partial charge in [-0.05, 0) is 23.8 Å². The summed E-state index contributed by atoms with van der Waals surface area (Å²) >= 11 is 0. The maximum absolute atomic E-state index is 11.8. The maximum atomic E-state index is 11.8. The lowest BCUT2D eigenvalue weighted by Gasteiger charge is -2.39. The summed E-state index contributed by atoms with van der Waals surface area (Å²) in [6.07, 6.45) is -3.44. The third-order valence-electron chi connectivity index (χ3n) is 3.94. The van der Waals surface area contributed by atoms with Gasteiger partial charge in [0.15, 0.2) is 17.1 Å². The molecule has 4 atom stereocenters. The first-order chi connectivity index (χ1) is 11.6. The van der Waals surface area contributed by atoms with Crippen LogP contribution in [0, 0.1) is 0 Å². The van der Waals surface area contributed by atoms with E-state index in [-0.39, 0.29) is 11.5 Å². The van der Waals surface area contributed by atoms with Gasteiger partial charge in [0.05, 0.1) is 6.10 Å². The first-order valence-electron chi connectivity index (χ1n) is 7.35. The van der Waals surface area contributed by atoms with E-state index in [1.54, 1.807) is 0 Å². The number of hydrogen-bond acceptors (Lipinski definition) is 8. The van der Waals surface area contributed by atoms with Crippen molar-refractivity contribution in [3.63, 3.8) is 0 Å². The maximum Gasteiger partial charge on any atom is 0.335 e. The Morgan fingerprint density at radius 3 is 2.44 bits per heavy atom. The molecule has 1 fully saturated rings.